The van der Waals surface area contributed by atoms with Gasteiger partial charge in [0.15, 0.2) is 5.82 Å². The maximum Gasteiger partial charge on any atom is 0.293 e. The largest absolute Gasteiger partial charge is 0.383 e. The zero-order valence-corrected chi connectivity index (χ0v) is 12.4. The van der Waals surface area contributed by atoms with Gasteiger partial charge in [-0.2, -0.15) is 5.26 Å². The summed E-state index contributed by atoms with van der Waals surface area (Å²) in [4.78, 5) is 18.4. The van der Waals surface area contributed by atoms with Gasteiger partial charge in [-0.05, 0) is 5.92 Å². The number of aromatic nitrogens is 2. The summed E-state index contributed by atoms with van der Waals surface area (Å²) in [5.41, 5.74) is -0.116. The van der Waals surface area contributed by atoms with Crippen molar-refractivity contribution in [3.05, 3.63) is 22.7 Å². The molecule has 0 saturated heterocycles. The molecule has 0 fully saturated rings. The molecule has 1 heterocycles. The van der Waals surface area contributed by atoms with E-state index in [1.54, 1.807) is 24.1 Å². The standard InChI is InChI=1S/C14H22N4O2/c1-12(2)11-18-8-6-16-13(14(18)19)17(7-4-5-15)9-10-20-3/h6,8,12H,4,7,9-11H2,1-3H3. The van der Waals surface area contributed by atoms with E-state index in [0.29, 0.717) is 44.4 Å². The lowest BCUT2D eigenvalue weighted by molar-refractivity contribution is 0.205. The molecule has 0 aliphatic rings. The molecule has 0 amide bonds. The lowest BCUT2D eigenvalue weighted by atomic mass is 10.2. The Labute approximate surface area is 119 Å². The SMILES string of the molecule is COCCN(CCC#N)c1nccn(CC(C)C)c1=O. The zero-order chi connectivity index (χ0) is 15.0. The third-order valence-corrected chi connectivity index (χ3v) is 2.82. The van der Waals surface area contributed by atoms with Crippen molar-refractivity contribution in [2.45, 2.75) is 26.8 Å². The summed E-state index contributed by atoms with van der Waals surface area (Å²) in [5, 5.41) is 8.72. The van der Waals surface area contributed by atoms with Gasteiger partial charge in [0.2, 0.25) is 0 Å². The molecule has 0 bridgehead atoms. The predicted octanol–water partition coefficient (Wildman–Crippen LogP) is 1.27. The molecule has 0 saturated carbocycles. The molecule has 0 aliphatic heterocycles. The summed E-state index contributed by atoms with van der Waals surface area (Å²) in [7, 11) is 1.61. The van der Waals surface area contributed by atoms with E-state index in [-0.39, 0.29) is 5.56 Å². The highest BCUT2D eigenvalue weighted by atomic mass is 16.5. The minimum Gasteiger partial charge on any atom is -0.383 e. The van der Waals surface area contributed by atoms with Crippen molar-refractivity contribution in [1.82, 2.24) is 9.55 Å². The van der Waals surface area contributed by atoms with Crippen LogP contribution >= 0.6 is 0 Å². The lowest BCUT2D eigenvalue weighted by Crippen LogP contribution is -2.36. The Bertz CT molecular complexity index is 505. The van der Waals surface area contributed by atoms with Crippen LogP contribution in [0.3, 0.4) is 0 Å². The second-order valence-electron chi connectivity index (χ2n) is 4.99. The maximum atomic E-state index is 12.4. The molecule has 20 heavy (non-hydrogen) atoms. The molecule has 0 aliphatic carbocycles. The summed E-state index contributed by atoms with van der Waals surface area (Å²) in [6.07, 6.45) is 3.68. The lowest BCUT2D eigenvalue weighted by Gasteiger charge is -2.22. The van der Waals surface area contributed by atoms with Crippen LogP contribution in [0.5, 0.6) is 0 Å². The first kappa shape index (κ1) is 16.2. The van der Waals surface area contributed by atoms with Gasteiger partial charge in [-0.25, -0.2) is 4.98 Å². The fraction of sp³-hybridized carbons (Fsp3) is 0.643. The Balaban J connectivity index is 3.00. The number of nitrogens with zero attached hydrogens (tertiary/aromatic N) is 4. The smallest absolute Gasteiger partial charge is 0.293 e. The molecule has 6 nitrogen and oxygen atoms in total. The molecule has 0 N–H and O–H groups in total. The quantitative estimate of drug-likeness (QED) is 0.716. The second kappa shape index (κ2) is 8.33. The molecule has 110 valence electrons. The molecule has 6 heteroatoms. The Morgan fingerprint density at radius 1 is 1.50 bits per heavy atom. The Kier molecular flexibility index (Phi) is 6.74. The van der Waals surface area contributed by atoms with Crippen molar-refractivity contribution in [3.63, 3.8) is 0 Å². The van der Waals surface area contributed by atoms with Crippen LogP contribution in [-0.4, -0.2) is 36.4 Å². The van der Waals surface area contributed by atoms with Gasteiger partial charge in [0.05, 0.1) is 19.1 Å². The van der Waals surface area contributed by atoms with E-state index in [0.717, 1.165) is 0 Å². The number of nitriles is 1. The molecule has 0 unspecified atom stereocenters. The van der Waals surface area contributed by atoms with Gasteiger partial charge in [-0.15, -0.1) is 0 Å². The van der Waals surface area contributed by atoms with E-state index < -0.39 is 0 Å². The predicted molar refractivity (Wildman–Crippen MR) is 77.7 cm³/mol. The molecule has 1 aromatic rings. The summed E-state index contributed by atoms with van der Waals surface area (Å²) in [6.45, 7) is 6.30. The van der Waals surface area contributed by atoms with E-state index >= 15 is 0 Å². The molecular weight excluding hydrogens is 256 g/mol. The van der Waals surface area contributed by atoms with E-state index in [4.69, 9.17) is 10.00 Å². The Morgan fingerprint density at radius 2 is 2.25 bits per heavy atom. The summed E-state index contributed by atoms with van der Waals surface area (Å²) < 4.78 is 6.71. The van der Waals surface area contributed by atoms with Crippen LogP contribution in [0.15, 0.2) is 17.2 Å². The molecule has 1 rings (SSSR count). The van der Waals surface area contributed by atoms with Gasteiger partial charge < -0.3 is 14.2 Å². The molecule has 1 aromatic heterocycles. The van der Waals surface area contributed by atoms with Gasteiger partial charge in [0.25, 0.3) is 5.56 Å². The van der Waals surface area contributed by atoms with Crippen LogP contribution in [-0.2, 0) is 11.3 Å². The summed E-state index contributed by atoms with van der Waals surface area (Å²) in [6, 6.07) is 2.09. The summed E-state index contributed by atoms with van der Waals surface area (Å²) in [5.74, 6) is 0.773. The van der Waals surface area contributed by atoms with Crippen LogP contribution in [0.1, 0.15) is 20.3 Å². The van der Waals surface area contributed by atoms with Gasteiger partial charge in [0.1, 0.15) is 0 Å². The monoisotopic (exact) mass is 278 g/mol. The number of anilines is 1. The van der Waals surface area contributed by atoms with Crippen LogP contribution in [0.25, 0.3) is 0 Å². The third kappa shape index (κ3) is 4.67. The second-order valence-corrected chi connectivity index (χ2v) is 4.99. The van der Waals surface area contributed by atoms with Crippen molar-refractivity contribution in [2.24, 2.45) is 5.92 Å². The summed E-state index contributed by atoms with van der Waals surface area (Å²) >= 11 is 0. The molecule has 0 aromatic carbocycles. The first-order valence-corrected chi connectivity index (χ1v) is 6.76. The number of hydrogen-bond acceptors (Lipinski definition) is 5. The van der Waals surface area contributed by atoms with Crippen molar-refractivity contribution < 1.29 is 4.74 Å². The number of ether oxygens (including phenoxy) is 1. The third-order valence-electron chi connectivity index (χ3n) is 2.82. The van der Waals surface area contributed by atoms with Crippen molar-refractivity contribution in [1.29, 1.82) is 5.26 Å². The van der Waals surface area contributed by atoms with Gasteiger partial charge in [-0.3, -0.25) is 4.79 Å². The molecule has 0 spiro atoms. The van der Waals surface area contributed by atoms with Crippen LogP contribution in [0.2, 0.25) is 0 Å². The fourth-order valence-electron chi connectivity index (χ4n) is 1.90. The first-order chi connectivity index (χ1) is 9.60. The molecule has 0 radical (unpaired) electrons. The highest BCUT2D eigenvalue weighted by Crippen LogP contribution is 2.05. The van der Waals surface area contributed by atoms with E-state index in [9.17, 15) is 4.79 Å². The number of methoxy groups -OCH3 is 1. The van der Waals surface area contributed by atoms with E-state index in [1.807, 2.05) is 4.90 Å². The highest BCUT2D eigenvalue weighted by molar-refractivity contribution is 5.35. The number of rotatable bonds is 8. The average molecular weight is 278 g/mol. The van der Waals surface area contributed by atoms with Crippen molar-refractivity contribution in [2.75, 3.05) is 31.7 Å². The Morgan fingerprint density at radius 3 is 2.85 bits per heavy atom. The van der Waals surface area contributed by atoms with Crippen LogP contribution in [0, 0.1) is 17.2 Å². The molecule has 0 atom stereocenters. The highest BCUT2D eigenvalue weighted by Gasteiger charge is 2.13. The van der Waals surface area contributed by atoms with Crippen LogP contribution < -0.4 is 10.5 Å². The minimum absolute atomic E-state index is 0.116. The van der Waals surface area contributed by atoms with Gasteiger partial charge in [0, 0.05) is 39.1 Å². The molecular formula is C14H22N4O2. The topological polar surface area (TPSA) is 71.2 Å². The van der Waals surface area contributed by atoms with E-state index in [2.05, 4.69) is 24.9 Å². The van der Waals surface area contributed by atoms with Crippen LogP contribution in [0.4, 0.5) is 5.82 Å². The normalized spacial score (nSPS) is 10.6. The van der Waals surface area contributed by atoms with Gasteiger partial charge in [-0.1, -0.05) is 13.8 Å². The first-order valence-electron chi connectivity index (χ1n) is 6.76. The maximum absolute atomic E-state index is 12.4. The van der Waals surface area contributed by atoms with Crippen molar-refractivity contribution in [3.8, 4) is 6.07 Å². The average Bonchev–Trinajstić information content (AvgIpc) is 2.41. The Hall–Kier alpha value is -1.87. The fourth-order valence-corrected chi connectivity index (χ4v) is 1.90. The number of hydrogen-bond donors (Lipinski definition) is 0. The van der Waals surface area contributed by atoms with Gasteiger partial charge >= 0.3 is 0 Å². The zero-order valence-electron chi connectivity index (χ0n) is 12.4. The van der Waals surface area contributed by atoms with E-state index in [1.165, 1.54) is 0 Å². The minimum atomic E-state index is -0.116. The van der Waals surface area contributed by atoms with Crippen molar-refractivity contribution >= 4 is 5.82 Å².